The number of nitrogen functional groups attached to an aromatic ring is 1. The van der Waals surface area contributed by atoms with Crippen LogP contribution < -0.4 is 5.73 Å². The van der Waals surface area contributed by atoms with Gasteiger partial charge in [-0.15, -0.1) is 0 Å². The van der Waals surface area contributed by atoms with Crippen LogP contribution in [0.2, 0.25) is 0 Å². The first-order valence-corrected chi connectivity index (χ1v) is 7.53. The summed E-state index contributed by atoms with van der Waals surface area (Å²) in [5, 5.41) is 0. The highest BCUT2D eigenvalue weighted by atomic mass is 32.2. The Balaban J connectivity index is 3.00. The lowest BCUT2D eigenvalue weighted by molar-refractivity contribution is -0.138. The van der Waals surface area contributed by atoms with Crippen LogP contribution in [0.1, 0.15) is 19.4 Å². The molecule has 0 aliphatic rings. The molecule has 1 aromatic rings. The summed E-state index contributed by atoms with van der Waals surface area (Å²) < 4.78 is 62.1. The van der Waals surface area contributed by atoms with Crippen molar-refractivity contribution in [3.8, 4) is 0 Å². The quantitative estimate of drug-likeness (QED) is 0.849. The number of nitrogens with two attached hydrogens (primary N) is 1. The molecular weight excluding hydrogens is 293 g/mol. The second kappa shape index (κ2) is 6.01. The Morgan fingerprint density at radius 3 is 2.35 bits per heavy atom. The van der Waals surface area contributed by atoms with Gasteiger partial charge in [0.2, 0.25) is 10.0 Å². The Labute approximate surface area is 116 Å². The SMILES string of the molecule is CC(C)N(CC(F)(F)F)S(=O)(=O)Cc1cccc(N)c1. The third kappa shape index (κ3) is 5.01. The molecule has 0 bridgehead atoms. The van der Waals surface area contributed by atoms with Crippen LogP contribution in [0, 0.1) is 0 Å². The third-order valence-electron chi connectivity index (χ3n) is 2.57. The predicted octanol–water partition coefficient (Wildman–Crippen LogP) is 2.37. The van der Waals surface area contributed by atoms with Crippen molar-refractivity contribution < 1.29 is 21.6 Å². The van der Waals surface area contributed by atoms with Crippen LogP contribution >= 0.6 is 0 Å². The maximum absolute atomic E-state index is 12.5. The molecule has 0 saturated carbocycles. The molecule has 0 fully saturated rings. The lowest BCUT2D eigenvalue weighted by atomic mass is 10.2. The van der Waals surface area contributed by atoms with Gasteiger partial charge in [-0.3, -0.25) is 0 Å². The van der Waals surface area contributed by atoms with E-state index in [1.54, 1.807) is 12.1 Å². The van der Waals surface area contributed by atoms with Crippen molar-refractivity contribution in [2.75, 3.05) is 12.3 Å². The average molecular weight is 310 g/mol. The molecule has 0 radical (unpaired) electrons. The van der Waals surface area contributed by atoms with Crippen molar-refractivity contribution in [3.05, 3.63) is 29.8 Å². The molecular formula is C12H17F3N2O2S. The topological polar surface area (TPSA) is 63.4 Å². The largest absolute Gasteiger partial charge is 0.402 e. The number of sulfonamides is 1. The van der Waals surface area contributed by atoms with E-state index < -0.39 is 34.5 Å². The molecule has 0 amide bonds. The van der Waals surface area contributed by atoms with Crippen LogP contribution in [-0.4, -0.2) is 31.5 Å². The predicted molar refractivity (Wildman–Crippen MR) is 71.4 cm³/mol. The number of benzene rings is 1. The highest BCUT2D eigenvalue weighted by Gasteiger charge is 2.37. The Morgan fingerprint density at radius 2 is 1.90 bits per heavy atom. The lowest BCUT2D eigenvalue weighted by Gasteiger charge is -2.26. The van der Waals surface area contributed by atoms with E-state index in [0.29, 0.717) is 15.6 Å². The average Bonchev–Trinajstić information content (AvgIpc) is 2.23. The fraction of sp³-hybridized carbons (Fsp3) is 0.500. The summed E-state index contributed by atoms with van der Waals surface area (Å²) >= 11 is 0. The molecule has 0 spiro atoms. The molecule has 0 aromatic heterocycles. The van der Waals surface area contributed by atoms with Gasteiger partial charge in [-0.25, -0.2) is 8.42 Å². The van der Waals surface area contributed by atoms with E-state index >= 15 is 0 Å². The zero-order valence-corrected chi connectivity index (χ0v) is 12.0. The van der Waals surface area contributed by atoms with Crippen LogP contribution in [0.4, 0.5) is 18.9 Å². The normalized spacial score (nSPS) is 13.2. The molecule has 0 heterocycles. The fourth-order valence-corrected chi connectivity index (χ4v) is 3.51. The number of alkyl halides is 3. The van der Waals surface area contributed by atoms with Gasteiger partial charge in [0.05, 0.1) is 5.75 Å². The van der Waals surface area contributed by atoms with E-state index in [1.807, 2.05) is 0 Å². The van der Waals surface area contributed by atoms with E-state index in [0.717, 1.165) is 0 Å². The fourth-order valence-electron chi connectivity index (χ4n) is 1.76. The van der Waals surface area contributed by atoms with Gasteiger partial charge >= 0.3 is 6.18 Å². The highest BCUT2D eigenvalue weighted by molar-refractivity contribution is 7.88. The van der Waals surface area contributed by atoms with Crippen LogP contribution in [0.3, 0.4) is 0 Å². The molecule has 2 N–H and O–H groups in total. The molecule has 114 valence electrons. The maximum Gasteiger partial charge on any atom is 0.402 e. The Kier molecular flexibility index (Phi) is 5.04. The molecule has 0 unspecified atom stereocenters. The number of hydrogen-bond donors (Lipinski definition) is 1. The second-order valence-corrected chi connectivity index (χ2v) is 6.68. The van der Waals surface area contributed by atoms with Crippen LogP contribution in [0.15, 0.2) is 24.3 Å². The van der Waals surface area contributed by atoms with Crippen molar-refractivity contribution in [1.29, 1.82) is 0 Å². The van der Waals surface area contributed by atoms with Gasteiger partial charge in [-0.05, 0) is 31.5 Å². The molecule has 4 nitrogen and oxygen atoms in total. The summed E-state index contributed by atoms with van der Waals surface area (Å²) in [7, 11) is -4.07. The molecule has 0 saturated heterocycles. The van der Waals surface area contributed by atoms with Gasteiger partial charge in [-0.2, -0.15) is 17.5 Å². The molecule has 0 aliphatic heterocycles. The summed E-state index contributed by atoms with van der Waals surface area (Å²) in [5.74, 6) is -0.508. The van der Waals surface area contributed by atoms with Gasteiger partial charge in [0.1, 0.15) is 6.54 Å². The molecule has 8 heteroatoms. The summed E-state index contributed by atoms with van der Waals surface area (Å²) in [6, 6.07) is 5.31. The van der Waals surface area contributed by atoms with Crippen LogP contribution in [-0.2, 0) is 15.8 Å². The van der Waals surface area contributed by atoms with Crippen molar-refractivity contribution >= 4 is 15.7 Å². The van der Waals surface area contributed by atoms with E-state index in [-0.39, 0.29) is 0 Å². The first-order chi connectivity index (χ1) is 9.01. The van der Waals surface area contributed by atoms with E-state index in [1.165, 1.54) is 26.0 Å². The minimum atomic E-state index is -4.58. The first-order valence-electron chi connectivity index (χ1n) is 5.92. The smallest absolute Gasteiger partial charge is 0.399 e. The van der Waals surface area contributed by atoms with Crippen molar-refractivity contribution in [3.63, 3.8) is 0 Å². The molecule has 0 aliphatic carbocycles. The summed E-state index contributed by atoms with van der Waals surface area (Å²) in [5.41, 5.74) is 6.25. The van der Waals surface area contributed by atoms with Gasteiger partial charge in [0.15, 0.2) is 0 Å². The number of halogens is 3. The first kappa shape index (κ1) is 16.8. The Hall–Kier alpha value is -1.28. The van der Waals surface area contributed by atoms with Gasteiger partial charge in [-0.1, -0.05) is 12.1 Å². The lowest BCUT2D eigenvalue weighted by Crippen LogP contribution is -2.43. The molecule has 1 rings (SSSR count). The number of rotatable bonds is 5. The molecule has 20 heavy (non-hydrogen) atoms. The second-order valence-electron chi connectivity index (χ2n) is 4.76. The van der Waals surface area contributed by atoms with Gasteiger partial charge in [0.25, 0.3) is 0 Å². The zero-order valence-electron chi connectivity index (χ0n) is 11.2. The molecule has 1 aromatic carbocycles. The van der Waals surface area contributed by atoms with Crippen molar-refractivity contribution in [2.45, 2.75) is 31.8 Å². The maximum atomic E-state index is 12.5. The molecule has 0 atom stereocenters. The van der Waals surface area contributed by atoms with Gasteiger partial charge in [0, 0.05) is 11.7 Å². The van der Waals surface area contributed by atoms with Gasteiger partial charge < -0.3 is 5.73 Å². The summed E-state index contributed by atoms with van der Waals surface area (Å²) in [6.45, 7) is 1.32. The zero-order chi connectivity index (χ0) is 15.6. The monoisotopic (exact) mass is 310 g/mol. The van der Waals surface area contributed by atoms with Crippen LogP contribution in [0.5, 0.6) is 0 Å². The summed E-state index contributed by atoms with van der Waals surface area (Å²) in [6.07, 6.45) is -4.58. The number of anilines is 1. The van der Waals surface area contributed by atoms with Crippen molar-refractivity contribution in [1.82, 2.24) is 4.31 Å². The van der Waals surface area contributed by atoms with E-state index in [4.69, 9.17) is 5.73 Å². The summed E-state index contributed by atoms with van der Waals surface area (Å²) in [4.78, 5) is 0. The Morgan fingerprint density at radius 1 is 1.30 bits per heavy atom. The van der Waals surface area contributed by atoms with Crippen molar-refractivity contribution in [2.24, 2.45) is 0 Å². The number of hydrogen-bond acceptors (Lipinski definition) is 3. The highest BCUT2D eigenvalue weighted by Crippen LogP contribution is 2.22. The van der Waals surface area contributed by atoms with E-state index in [9.17, 15) is 21.6 Å². The Bertz CT molecular complexity index is 556. The standard InChI is InChI=1S/C12H17F3N2O2S/c1-9(2)17(8-12(13,14)15)20(18,19)7-10-4-3-5-11(16)6-10/h3-6,9H,7-8,16H2,1-2H3. The van der Waals surface area contributed by atoms with E-state index in [2.05, 4.69) is 0 Å². The minimum absolute atomic E-state index is 0.359. The third-order valence-corrected chi connectivity index (χ3v) is 4.53. The van der Waals surface area contributed by atoms with Crippen LogP contribution in [0.25, 0.3) is 0 Å². The minimum Gasteiger partial charge on any atom is -0.399 e. The number of nitrogens with zero attached hydrogens (tertiary/aromatic N) is 1.